The van der Waals surface area contributed by atoms with Gasteiger partial charge in [-0.25, -0.2) is 0 Å². The molecule has 0 fully saturated rings. The fourth-order valence-electron chi connectivity index (χ4n) is 1.85. The highest BCUT2D eigenvalue weighted by atomic mass is 79.9. The maximum absolute atomic E-state index is 11.7. The van der Waals surface area contributed by atoms with Gasteiger partial charge in [0, 0.05) is 36.9 Å². The van der Waals surface area contributed by atoms with E-state index in [1.807, 2.05) is 18.2 Å². The zero-order chi connectivity index (χ0) is 15.2. The van der Waals surface area contributed by atoms with Crippen molar-refractivity contribution in [1.82, 2.24) is 4.57 Å². The molecular formula is C15H16BrClN2O2. The molecule has 4 nitrogen and oxygen atoms in total. The molecule has 0 aliphatic heterocycles. The third kappa shape index (κ3) is 4.59. The SMILES string of the molecule is COCCn1cc(NCc2ccc(Cl)c(Br)c2)ccc1=O. The summed E-state index contributed by atoms with van der Waals surface area (Å²) in [7, 11) is 1.62. The predicted octanol–water partition coefficient (Wildman–Crippen LogP) is 3.52. The third-order valence-electron chi connectivity index (χ3n) is 3.00. The number of anilines is 1. The highest BCUT2D eigenvalue weighted by Crippen LogP contribution is 2.23. The molecule has 2 aromatic rings. The van der Waals surface area contributed by atoms with E-state index in [4.69, 9.17) is 16.3 Å². The highest BCUT2D eigenvalue weighted by molar-refractivity contribution is 9.10. The first-order valence-corrected chi connectivity index (χ1v) is 7.64. The number of methoxy groups -OCH3 is 1. The second-order valence-electron chi connectivity index (χ2n) is 4.54. The number of ether oxygens (including phenoxy) is 1. The smallest absolute Gasteiger partial charge is 0.250 e. The summed E-state index contributed by atoms with van der Waals surface area (Å²) in [5.41, 5.74) is 1.95. The van der Waals surface area contributed by atoms with Crippen LogP contribution in [-0.4, -0.2) is 18.3 Å². The van der Waals surface area contributed by atoms with Crippen LogP contribution < -0.4 is 10.9 Å². The third-order valence-corrected chi connectivity index (χ3v) is 4.21. The van der Waals surface area contributed by atoms with Gasteiger partial charge in [0.15, 0.2) is 0 Å². The number of halogens is 2. The molecule has 0 saturated carbocycles. The topological polar surface area (TPSA) is 43.3 Å². The van der Waals surface area contributed by atoms with Crippen LogP contribution in [0.3, 0.4) is 0 Å². The van der Waals surface area contributed by atoms with Crippen molar-refractivity contribution in [2.45, 2.75) is 13.1 Å². The number of pyridine rings is 1. The van der Waals surface area contributed by atoms with Crippen LogP contribution in [0.5, 0.6) is 0 Å². The summed E-state index contributed by atoms with van der Waals surface area (Å²) in [6.07, 6.45) is 1.80. The molecule has 0 saturated heterocycles. The monoisotopic (exact) mass is 370 g/mol. The Kier molecular flexibility index (Phi) is 5.85. The molecule has 0 amide bonds. The van der Waals surface area contributed by atoms with Gasteiger partial charge in [-0.3, -0.25) is 4.79 Å². The fourth-order valence-corrected chi connectivity index (χ4v) is 2.40. The van der Waals surface area contributed by atoms with Crippen LogP contribution >= 0.6 is 27.5 Å². The van der Waals surface area contributed by atoms with Crippen LogP contribution in [0.25, 0.3) is 0 Å². The lowest BCUT2D eigenvalue weighted by atomic mass is 10.2. The van der Waals surface area contributed by atoms with E-state index in [9.17, 15) is 4.79 Å². The first-order chi connectivity index (χ1) is 10.1. The van der Waals surface area contributed by atoms with E-state index >= 15 is 0 Å². The molecule has 0 unspecified atom stereocenters. The summed E-state index contributed by atoms with van der Waals surface area (Å²) in [5.74, 6) is 0. The van der Waals surface area contributed by atoms with Gasteiger partial charge in [-0.1, -0.05) is 17.7 Å². The molecular weight excluding hydrogens is 356 g/mol. The molecule has 0 aliphatic carbocycles. The molecule has 0 aliphatic rings. The van der Waals surface area contributed by atoms with Crippen molar-refractivity contribution in [3.05, 3.63) is 61.9 Å². The summed E-state index contributed by atoms with van der Waals surface area (Å²) < 4.78 is 7.49. The van der Waals surface area contributed by atoms with Gasteiger partial charge in [0.25, 0.3) is 5.56 Å². The van der Waals surface area contributed by atoms with Crippen LogP contribution in [0.1, 0.15) is 5.56 Å². The Morgan fingerprint density at radius 3 is 2.86 bits per heavy atom. The van der Waals surface area contributed by atoms with Gasteiger partial charge in [0.05, 0.1) is 17.3 Å². The minimum atomic E-state index is -0.0353. The van der Waals surface area contributed by atoms with E-state index in [-0.39, 0.29) is 5.56 Å². The zero-order valence-electron chi connectivity index (χ0n) is 11.6. The Labute approximate surface area is 136 Å². The van der Waals surface area contributed by atoms with Crippen molar-refractivity contribution in [2.24, 2.45) is 0 Å². The van der Waals surface area contributed by atoms with E-state index < -0.39 is 0 Å². The lowest BCUT2D eigenvalue weighted by molar-refractivity contribution is 0.186. The van der Waals surface area contributed by atoms with Crippen molar-refractivity contribution in [2.75, 3.05) is 19.0 Å². The normalized spacial score (nSPS) is 10.6. The first kappa shape index (κ1) is 16.1. The van der Waals surface area contributed by atoms with Gasteiger partial charge in [0.1, 0.15) is 0 Å². The average Bonchev–Trinajstić information content (AvgIpc) is 2.48. The molecule has 0 bridgehead atoms. The Balaban J connectivity index is 2.05. The Bertz CT molecular complexity index is 673. The quantitative estimate of drug-likeness (QED) is 0.845. The van der Waals surface area contributed by atoms with E-state index in [2.05, 4.69) is 21.2 Å². The van der Waals surface area contributed by atoms with Crippen molar-refractivity contribution in [1.29, 1.82) is 0 Å². The zero-order valence-corrected chi connectivity index (χ0v) is 13.9. The molecule has 1 N–H and O–H groups in total. The van der Waals surface area contributed by atoms with Gasteiger partial charge in [-0.2, -0.15) is 0 Å². The van der Waals surface area contributed by atoms with Crippen molar-refractivity contribution < 1.29 is 4.74 Å². The molecule has 6 heteroatoms. The van der Waals surface area contributed by atoms with Crippen LogP contribution in [-0.2, 0) is 17.8 Å². The molecule has 1 aromatic carbocycles. The molecule has 0 spiro atoms. The van der Waals surface area contributed by atoms with Gasteiger partial charge in [-0.15, -0.1) is 0 Å². The Morgan fingerprint density at radius 2 is 2.14 bits per heavy atom. The second kappa shape index (κ2) is 7.64. The Morgan fingerprint density at radius 1 is 1.33 bits per heavy atom. The van der Waals surface area contributed by atoms with E-state index in [0.717, 1.165) is 15.7 Å². The van der Waals surface area contributed by atoms with Crippen molar-refractivity contribution in [3.8, 4) is 0 Å². The highest BCUT2D eigenvalue weighted by Gasteiger charge is 2.01. The van der Waals surface area contributed by atoms with Crippen LogP contribution in [0, 0.1) is 0 Å². The van der Waals surface area contributed by atoms with Gasteiger partial charge in [-0.05, 0) is 39.7 Å². The predicted molar refractivity (Wildman–Crippen MR) is 89.1 cm³/mol. The van der Waals surface area contributed by atoms with E-state index in [1.54, 1.807) is 30.0 Å². The second-order valence-corrected chi connectivity index (χ2v) is 5.81. The number of hydrogen-bond donors (Lipinski definition) is 1. The molecule has 21 heavy (non-hydrogen) atoms. The van der Waals surface area contributed by atoms with Crippen LogP contribution in [0.15, 0.2) is 45.8 Å². The number of nitrogens with one attached hydrogen (secondary N) is 1. The molecule has 0 atom stereocenters. The summed E-state index contributed by atoms with van der Waals surface area (Å²) in [5, 5.41) is 3.97. The Hall–Kier alpha value is -1.30. The summed E-state index contributed by atoms with van der Waals surface area (Å²) >= 11 is 9.37. The largest absolute Gasteiger partial charge is 0.383 e. The van der Waals surface area contributed by atoms with Crippen LogP contribution in [0.4, 0.5) is 5.69 Å². The average molecular weight is 372 g/mol. The molecule has 2 rings (SSSR count). The van der Waals surface area contributed by atoms with Crippen molar-refractivity contribution >= 4 is 33.2 Å². The fraction of sp³-hybridized carbons (Fsp3) is 0.267. The van der Waals surface area contributed by atoms with Crippen molar-refractivity contribution in [3.63, 3.8) is 0 Å². The van der Waals surface area contributed by atoms with E-state index in [0.29, 0.717) is 24.7 Å². The minimum absolute atomic E-state index is 0.0353. The number of rotatable bonds is 6. The van der Waals surface area contributed by atoms with Crippen LogP contribution in [0.2, 0.25) is 5.02 Å². The summed E-state index contributed by atoms with van der Waals surface area (Å²) in [6.45, 7) is 1.70. The number of nitrogens with zero attached hydrogens (tertiary/aromatic N) is 1. The summed E-state index contributed by atoms with van der Waals surface area (Å²) in [6, 6.07) is 9.10. The maximum Gasteiger partial charge on any atom is 0.250 e. The minimum Gasteiger partial charge on any atom is -0.383 e. The summed E-state index contributed by atoms with van der Waals surface area (Å²) in [4.78, 5) is 11.7. The lowest BCUT2D eigenvalue weighted by Gasteiger charge is -2.10. The van der Waals surface area contributed by atoms with Gasteiger partial charge < -0.3 is 14.6 Å². The number of hydrogen-bond acceptors (Lipinski definition) is 3. The van der Waals surface area contributed by atoms with Gasteiger partial charge >= 0.3 is 0 Å². The van der Waals surface area contributed by atoms with Gasteiger partial charge in [0.2, 0.25) is 0 Å². The number of aromatic nitrogens is 1. The lowest BCUT2D eigenvalue weighted by Crippen LogP contribution is -2.21. The molecule has 112 valence electrons. The molecule has 1 aromatic heterocycles. The maximum atomic E-state index is 11.7. The van der Waals surface area contributed by atoms with E-state index in [1.165, 1.54) is 0 Å². The molecule has 0 radical (unpaired) electrons. The number of benzene rings is 1. The first-order valence-electron chi connectivity index (χ1n) is 6.47. The molecule has 1 heterocycles. The standard InChI is InChI=1S/C15H16BrClN2O2/c1-21-7-6-19-10-12(3-5-15(19)20)18-9-11-2-4-14(17)13(16)8-11/h2-5,8,10,18H,6-7,9H2,1H3.